The maximum absolute atomic E-state index is 12.5. The summed E-state index contributed by atoms with van der Waals surface area (Å²) in [4.78, 5) is -0.245. The van der Waals surface area contributed by atoms with Gasteiger partial charge in [0.05, 0.1) is 18.1 Å². The minimum absolute atomic E-state index is 0.245. The third kappa shape index (κ3) is 3.87. The lowest BCUT2D eigenvalue weighted by Crippen LogP contribution is -2.41. The first kappa shape index (κ1) is 17.9. The molecule has 0 spiro atoms. The molecule has 0 aromatic heterocycles. The monoisotopic (exact) mass is 385 g/mol. The van der Waals surface area contributed by atoms with Gasteiger partial charge in [-0.15, -0.1) is 0 Å². The highest BCUT2D eigenvalue weighted by Gasteiger charge is 2.26. The number of rotatable bonds is 5. The summed E-state index contributed by atoms with van der Waals surface area (Å²) in [5.41, 5.74) is 0.268. The first-order valence-corrected chi connectivity index (χ1v) is 11.0. The summed E-state index contributed by atoms with van der Waals surface area (Å²) >= 11 is 0. The van der Waals surface area contributed by atoms with Crippen LogP contribution in [0, 0.1) is 0 Å². The van der Waals surface area contributed by atoms with Gasteiger partial charge in [-0.3, -0.25) is 4.72 Å². The van der Waals surface area contributed by atoms with Gasteiger partial charge in [-0.25, -0.2) is 16.8 Å². The van der Waals surface area contributed by atoms with Crippen molar-refractivity contribution in [1.29, 1.82) is 0 Å². The van der Waals surface area contributed by atoms with Crippen LogP contribution in [0.3, 0.4) is 0 Å². The van der Waals surface area contributed by atoms with E-state index in [-0.39, 0.29) is 22.1 Å². The normalized spacial score (nSPS) is 18.5. The minimum Gasteiger partial charge on any atom is -0.506 e. The van der Waals surface area contributed by atoms with E-state index in [1.165, 1.54) is 30.3 Å². The van der Waals surface area contributed by atoms with E-state index in [9.17, 15) is 21.9 Å². The van der Waals surface area contributed by atoms with Crippen LogP contribution >= 0.6 is 0 Å². The summed E-state index contributed by atoms with van der Waals surface area (Å²) in [5, 5.41) is 14.1. The number of aromatic hydroxyl groups is 1. The maximum atomic E-state index is 12.5. The van der Waals surface area contributed by atoms with E-state index in [2.05, 4.69) is 14.8 Å². The summed E-state index contributed by atoms with van der Waals surface area (Å²) in [7, 11) is -7.42. The molecule has 1 heterocycles. The summed E-state index contributed by atoms with van der Waals surface area (Å²) < 4.78 is 52.9. The Balaban J connectivity index is 2.05. The smallest absolute Gasteiger partial charge is 0.245 e. The van der Waals surface area contributed by atoms with Crippen molar-refractivity contribution >= 4 is 36.5 Å². The number of anilines is 1. The Hall–Kier alpha value is -1.88. The van der Waals surface area contributed by atoms with Crippen LogP contribution in [-0.2, 0) is 20.0 Å². The zero-order chi connectivity index (χ0) is 18.2. The van der Waals surface area contributed by atoms with Gasteiger partial charge in [-0.1, -0.05) is 18.2 Å². The lowest BCUT2D eigenvalue weighted by Gasteiger charge is -2.16. The molecule has 136 valence electrons. The number of hydrogen-bond donors (Lipinski definition) is 4. The van der Waals surface area contributed by atoms with Crippen molar-refractivity contribution in [3.8, 4) is 5.75 Å². The van der Waals surface area contributed by atoms with Crippen LogP contribution in [0.15, 0.2) is 35.2 Å². The van der Waals surface area contributed by atoms with Crippen molar-refractivity contribution in [2.45, 2.75) is 23.9 Å². The largest absolute Gasteiger partial charge is 0.506 e. The molecule has 0 aliphatic carbocycles. The van der Waals surface area contributed by atoms with Gasteiger partial charge >= 0.3 is 0 Å². The number of hydrogen-bond acceptors (Lipinski definition) is 6. The summed E-state index contributed by atoms with van der Waals surface area (Å²) in [6.07, 6.45) is 2.20. The second kappa shape index (κ2) is 6.45. The van der Waals surface area contributed by atoms with Crippen molar-refractivity contribution in [2.75, 3.05) is 17.5 Å². The zero-order valence-corrected chi connectivity index (χ0v) is 15.1. The Kier molecular flexibility index (Phi) is 4.62. The van der Waals surface area contributed by atoms with Crippen LogP contribution < -0.4 is 14.8 Å². The predicted molar refractivity (Wildman–Crippen MR) is 95.4 cm³/mol. The molecule has 0 amide bonds. The van der Waals surface area contributed by atoms with Crippen LogP contribution in [0.4, 0.5) is 5.69 Å². The molecule has 1 fully saturated rings. The first-order valence-electron chi connectivity index (χ1n) is 7.65. The van der Waals surface area contributed by atoms with E-state index >= 15 is 0 Å². The highest BCUT2D eigenvalue weighted by Crippen LogP contribution is 2.35. The van der Waals surface area contributed by atoms with Crippen molar-refractivity contribution < 1.29 is 21.9 Å². The second-order valence-electron chi connectivity index (χ2n) is 5.96. The topological polar surface area (TPSA) is 125 Å². The molecular formula is C15H19N3O5S2. The number of benzene rings is 2. The van der Waals surface area contributed by atoms with E-state index < -0.39 is 25.8 Å². The quantitative estimate of drug-likeness (QED) is 0.606. The number of nitrogens with one attached hydrogen (secondary N) is 3. The summed E-state index contributed by atoms with van der Waals surface area (Å²) in [5.74, 6) is -0.417. The molecule has 1 aliphatic heterocycles. The molecule has 1 unspecified atom stereocenters. The Morgan fingerprint density at radius 1 is 1.12 bits per heavy atom. The van der Waals surface area contributed by atoms with Gasteiger partial charge in [-0.05, 0) is 31.5 Å². The van der Waals surface area contributed by atoms with Crippen LogP contribution in [0.5, 0.6) is 5.75 Å². The summed E-state index contributed by atoms with van der Waals surface area (Å²) in [6.45, 7) is 0.734. The third-order valence-electron chi connectivity index (χ3n) is 3.94. The van der Waals surface area contributed by atoms with E-state index in [1.807, 2.05) is 0 Å². The van der Waals surface area contributed by atoms with Gasteiger partial charge in [0.25, 0.3) is 0 Å². The molecule has 25 heavy (non-hydrogen) atoms. The fraction of sp³-hybridized carbons (Fsp3) is 0.333. The van der Waals surface area contributed by atoms with E-state index in [0.29, 0.717) is 11.8 Å². The highest BCUT2D eigenvalue weighted by atomic mass is 32.2. The lowest BCUT2D eigenvalue weighted by atomic mass is 10.1. The Labute approximate surface area is 146 Å². The van der Waals surface area contributed by atoms with E-state index in [1.54, 1.807) is 0 Å². The van der Waals surface area contributed by atoms with Gasteiger partial charge in [0.1, 0.15) is 10.6 Å². The van der Waals surface area contributed by atoms with Crippen LogP contribution in [0.2, 0.25) is 0 Å². The van der Waals surface area contributed by atoms with Crippen molar-refractivity contribution in [2.24, 2.45) is 0 Å². The van der Waals surface area contributed by atoms with Gasteiger partial charge in [0, 0.05) is 10.8 Å². The molecule has 0 bridgehead atoms. The molecule has 10 heteroatoms. The Bertz CT molecular complexity index is 1010. The van der Waals surface area contributed by atoms with E-state index in [4.69, 9.17) is 0 Å². The molecule has 3 rings (SSSR count). The van der Waals surface area contributed by atoms with Gasteiger partial charge in [-0.2, -0.15) is 4.72 Å². The SMILES string of the molecule is CS(=O)(=O)Nc1cccc2c(O)c(S(=O)(=O)NC3CCCN3)ccc12. The van der Waals surface area contributed by atoms with Gasteiger partial charge in [0.2, 0.25) is 20.0 Å². The van der Waals surface area contributed by atoms with Crippen molar-refractivity contribution in [3.63, 3.8) is 0 Å². The third-order valence-corrected chi connectivity index (χ3v) is 6.03. The number of phenols is 1. The molecule has 0 saturated carbocycles. The molecule has 1 saturated heterocycles. The number of phenolic OH excluding ortho intramolecular Hbond substituents is 1. The van der Waals surface area contributed by atoms with Gasteiger partial charge in [0.15, 0.2) is 0 Å². The lowest BCUT2D eigenvalue weighted by molar-refractivity contribution is 0.462. The molecule has 8 nitrogen and oxygen atoms in total. The second-order valence-corrected chi connectivity index (χ2v) is 9.39. The molecule has 2 aromatic rings. The van der Waals surface area contributed by atoms with Gasteiger partial charge < -0.3 is 10.4 Å². The first-order chi connectivity index (χ1) is 11.7. The zero-order valence-electron chi connectivity index (χ0n) is 13.5. The Morgan fingerprint density at radius 2 is 1.88 bits per heavy atom. The highest BCUT2D eigenvalue weighted by molar-refractivity contribution is 7.92. The van der Waals surface area contributed by atoms with Crippen LogP contribution in [0.25, 0.3) is 10.8 Å². The molecule has 2 aromatic carbocycles. The van der Waals surface area contributed by atoms with Crippen LogP contribution in [-0.4, -0.2) is 40.9 Å². The fourth-order valence-corrected chi connectivity index (χ4v) is 4.76. The predicted octanol–water partition coefficient (Wildman–Crippen LogP) is 0.905. The van der Waals surface area contributed by atoms with E-state index in [0.717, 1.165) is 19.2 Å². The maximum Gasteiger partial charge on any atom is 0.245 e. The number of sulfonamides is 2. The van der Waals surface area contributed by atoms with Crippen molar-refractivity contribution in [3.05, 3.63) is 30.3 Å². The number of fused-ring (bicyclic) bond motifs is 1. The minimum atomic E-state index is -3.91. The van der Waals surface area contributed by atoms with Crippen LogP contribution in [0.1, 0.15) is 12.8 Å². The summed E-state index contributed by atoms with van der Waals surface area (Å²) in [6, 6.07) is 7.35. The average molecular weight is 385 g/mol. The van der Waals surface area contributed by atoms with Crippen molar-refractivity contribution in [1.82, 2.24) is 10.0 Å². The average Bonchev–Trinajstić information content (AvgIpc) is 2.98. The Morgan fingerprint density at radius 3 is 2.52 bits per heavy atom. The molecule has 4 N–H and O–H groups in total. The standard InChI is InChI=1S/C15H19N3O5S2/c1-24(20,21)17-12-5-2-4-11-10(12)7-8-13(15(11)19)25(22,23)18-14-6-3-9-16-14/h2,4-5,7-8,14,16-19H,3,6,9H2,1H3. The molecular weight excluding hydrogens is 366 g/mol. The molecule has 0 radical (unpaired) electrons. The molecule has 1 atom stereocenters. The fourth-order valence-electron chi connectivity index (χ4n) is 2.86. The molecule has 1 aliphatic rings.